The lowest BCUT2D eigenvalue weighted by molar-refractivity contribution is 0.256. The van der Waals surface area contributed by atoms with E-state index in [4.69, 9.17) is 0 Å². The molecule has 0 aromatic rings. The molecule has 0 amide bonds. The first kappa shape index (κ1) is 10.7. The van der Waals surface area contributed by atoms with Crippen LogP contribution in [0.1, 0.15) is 19.8 Å². The second-order valence-electron chi connectivity index (χ2n) is 3.98. The van der Waals surface area contributed by atoms with E-state index in [0.717, 1.165) is 12.5 Å². The van der Waals surface area contributed by atoms with Crippen molar-refractivity contribution >= 4 is 0 Å². The van der Waals surface area contributed by atoms with Gasteiger partial charge in [-0.05, 0) is 45.8 Å². The molecule has 0 aliphatic carbocycles. The van der Waals surface area contributed by atoms with Crippen LogP contribution in [0, 0.1) is 5.92 Å². The molecule has 1 fully saturated rings. The summed E-state index contributed by atoms with van der Waals surface area (Å²) >= 11 is 0. The Balaban J connectivity index is 2.14. The molecule has 1 rings (SSSR count). The molecule has 0 bridgehead atoms. The summed E-state index contributed by atoms with van der Waals surface area (Å²) in [6.07, 6.45) is 7.04. The third kappa shape index (κ3) is 4.44. The molecule has 0 unspecified atom stereocenters. The van der Waals surface area contributed by atoms with Crippen molar-refractivity contribution in [3.8, 4) is 0 Å². The molecular weight excluding hydrogens is 160 g/mol. The van der Waals surface area contributed by atoms with E-state index in [1.165, 1.54) is 32.5 Å². The van der Waals surface area contributed by atoms with Crippen molar-refractivity contribution in [1.82, 2.24) is 10.2 Å². The Morgan fingerprint density at radius 3 is 2.69 bits per heavy atom. The summed E-state index contributed by atoms with van der Waals surface area (Å²) in [7, 11) is 2.21. The topological polar surface area (TPSA) is 15.3 Å². The van der Waals surface area contributed by atoms with Gasteiger partial charge in [0.1, 0.15) is 0 Å². The van der Waals surface area contributed by atoms with Gasteiger partial charge in [0.25, 0.3) is 0 Å². The van der Waals surface area contributed by atoms with Crippen molar-refractivity contribution in [1.29, 1.82) is 0 Å². The van der Waals surface area contributed by atoms with E-state index in [1.807, 2.05) is 0 Å². The van der Waals surface area contributed by atoms with Gasteiger partial charge in [-0.2, -0.15) is 0 Å². The lowest BCUT2D eigenvalue weighted by atomic mass is 9.98. The van der Waals surface area contributed by atoms with E-state index in [9.17, 15) is 0 Å². The van der Waals surface area contributed by atoms with E-state index in [0.29, 0.717) is 0 Å². The van der Waals surface area contributed by atoms with Crippen LogP contribution < -0.4 is 5.32 Å². The van der Waals surface area contributed by atoms with E-state index < -0.39 is 0 Å². The van der Waals surface area contributed by atoms with Gasteiger partial charge >= 0.3 is 0 Å². The van der Waals surface area contributed by atoms with E-state index in [-0.39, 0.29) is 0 Å². The van der Waals surface area contributed by atoms with Crippen molar-refractivity contribution in [2.75, 3.05) is 33.2 Å². The standard InChI is InChI=1S/C11H22N2/c1-3-4-9-13(2)10-11-5-7-12-8-6-11/h3-4,11-12H,5-10H2,1-2H3. The van der Waals surface area contributed by atoms with Crippen LogP contribution in [0.3, 0.4) is 0 Å². The maximum absolute atomic E-state index is 3.40. The Morgan fingerprint density at radius 2 is 2.08 bits per heavy atom. The van der Waals surface area contributed by atoms with Gasteiger partial charge in [-0.25, -0.2) is 0 Å². The van der Waals surface area contributed by atoms with Gasteiger partial charge < -0.3 is 10.2 Å². The lowest BCUT2D eigenvalue weighted by Crippen LogP contribution is -2.34. The van der Waals surface area contributed by atoms with Crippen molar-refractivity contribution in [3.63, 3.8) is 0 Å². The van der Waals surface area contributed by atoms with Crippen molar-refractivity contribution in [3.05, 3.63) is 12.2 Å². The molecule has 0 aromatic carbocycles. The van der Waals surface area contributed by atoms with E-state index in [1.54, 1.807) is 0 Å². The Bertz CT molecular complexity index is 148. The number of nitrogens with one attached hydrogen (secondary N) is 1. The number of piperidine rings is 1. The minimum atomic E-state index is 0.913. The first-order chi connectivity index (χ1) is 6.33. The lowest BCUT2D eigenvalue weighted by Gasteiger charge is -2.26. The van der Waals surface area contributed by atoms with Gasteiger partial charge in [0.2, 0.25) is 0 Å². The maximum Gasteiger partial charge on any atom is 0.0160 e. The predicted octanol–water partition coefficient (Wildman–Crippen LogP) is 1.49. The second kappa shape index (κ2) is 6.17. The molecule has 0 spiro atoms. The summed E-state index contributed by atoms with van der Waals surface area (Å²) in [6, 6.07) is 0. The van der Waals surface area contributed by atoms with Crippen LogP contribution >= 0.6 is 0 Å². The SMILES string of the molecule is CC=CCN(C)CC1CCNCC1. The fourth-order valence-corrected chi connectivity index (χ4v) is 1.86. The first-order valence-electron chi connectivity index (χ1n) is 5.33. The van der Waals surface area contributed by atoms with Crippen LogP contribution in [0.4, 0.5) is 0 Å². The highest BCUT2D eigenvalue weighted by atomic mass is 15.1. The fourth-order valence-electron chi connectivity index (χ4n) is 1.86. The number of rotatable bonds is 4. The molecule has 1 aliphatic rings. The highest BCUT2D eigenvalue weighted by molar-refractivity contribution is 4.81. The average molecular weight is 182 g/mol. The molecule has 2 nitrogen and oxygen atoms in total. The molecule has 0 aromatic heterocycles. The number of nitrogens with zero attached hydrogens (tertiary/aromatic N) is 1. The summed E-state index contributed by atoms with van der Waals surface area (Å²) in [5, 5.41) is 3.40. The zero-order valence-electron chi connectivity index (χ0n) is 8.92. The quantitative estimate of drug-likeness (QED) is 0.663. The molecule has 13 heavy (non-hydrogen) atoms. The fraction of sp³-hybridized carbons (Fsp3) is 0.818. The van der Waals surface area contributed by atoms with Crippen LogP contribution in [-0.4, -0.2) is 38.1 Å². The van der Waals surface area contributed by atoms with Gasteiger partial charge in [0, 0.05) is 13.1 Å². The molecule has 0 atom stereocenters. The minimum Gasteiger partial charge on any atom is -0.317 e. The molecule has 1 saturated heterocycles. The molecule has 2 heteroatoms. The Hall–Kier alpha value is -0.340. The third-order valence-corrected chi connectivity index (χ3v) is 2.68. The van der Waals surface area contributed by atoms with Crippen molar-refractivity contribution in [2.24, 2.45) is 5.92 Å². The third-order valence-electron chi connectivity index (χ3n) is 2.68. The Morgan fingerprint density at radius 1 is 1.38 bits per heavy atom. The Labute approximate surface area is 82.0 Å². The van der Waals surface area contributed by atoms with Gasteiger partial charge in [-0.1, -0.05) is 12.2 Å². The van der Waals surface area contributed by atoms with Crippen molar-refractivity contribution in [2.45, 2.75) is 19.8 Å². The number of hydrogen-bond acceptors (Lipinski definition) is 2. The molecule has 1 N–H and O–H groups in total. The first-order valence-corrected chi connectivity index (χ1v) is 5.33. The largest absolute Gasteiger partial charge is 0.317 e. The zero-order chi connectivity index (χ0) is 9.52. The highest BCUT2D eigenvalue weighted by Crippen LogP contribution is 2.12. The van der Waals surface area contributed by atoms with Gasteiger partial charge in [-0.15, -0.1) is 0 Å². The number of hydrogen-bond donors (Lipinski definition) is 1. The number of allylic oxidation sites excluding steroid dienone is 1. The molecule has 1 aliphatic heterocycles. The Kier molecular flexibility index (Phi) is 5.09. The van der Waals surface area contributed by atoms with Gasteiger partial charge in [0.15, 0.2) is 0 Å². The second-order valence-corrected chi connectivity index (χ2v) is 3.98. The summed E-state index contributed by atoms with van der Waals surface area (Å²) in [4.78, 5) is 2.41. The van der Waals surface area contributed by atoms with E-state index in [2.05, 4.69) is 36.3 Å². The molecule has 0 saturated carbocycles. The van der Waals surface area contributed by atoms with Crippen molar-refractivity contribution < 1.29 is 0 Å². The van der Waals surface area contributed by atoms with Crippen LogP contribution in [0.25, 0.3) is 0 Å². The van der Waals surface area contributed by atoms with Crippen LogP contribution in [0.2, 0.25) is 0 Å². The maximum atomic E-state index is 3.40. The normalized spacial score (nSPS) is 20.2. The highest BCUT2D eigenvalue weighted by Gasteiger charge is 2.13. The average Bonchev–Trinajstić information content (AvgIpc) is 2.16. The van der Waals surface area contributed by atoms with Gasteiger partial charge in [-0.3, -0.25) is 0 Å². The summed E-state index contributed by atoms with van der Waals surface area (Å²) < 4.78 is 0. The molecule has 1 heterocycles. The minimum absolute atomic E-state index is 0.913. The molecule has 76 valence electrons. The van der Waals surface area contributed by atoms with Gasteiger partial charge in [0.05, 0.1) is 0 Å². The smallest absolute Gasteiger partial charge is 0.0160 e. The number of likely N-dealkylation sites (N-methyl/N-ethyl adjacent to an activating group) is 1. The van der Waals surface area contributed by atoms with E-state index >= 15 is 0 Å². The van der Waals surface area contributed by atoms with Crippen LogP contribution in [0.15, 0.2) is 12.2 Å². The monoisotopic (exact) mass is 182 g/mol. The van der Waals surface area contributed by atoms with Crippen LogP contribution in [0.5, 0.6) is 0 Å². The zero-order valence-corrected chi connectivity index (χ0v) is 8.92. The molecule has 0 radical (unpaired) electrons. The van der Waals surface area contributed by atoms with Crippen LogP contribution in [-0.2, 0) is 0 Å². The predicted molar refractivity (Wildman–Crippen MR) is 57.9 cm³/mol. The summed E-state index contributed by atoms with van der Waals surface area (Å²) in [5.74, 6) is 0.913. The molecular formula is C11H22N2. The summed E-state index contributed by atoms with van der Waals surface area (Å²) in [6.45, 7) is 6.86. The summed E-state index contributed by atoms with van der Waals surface area (Å²) in [5.41, 5.74) is 0.